The number of amides is 2. The van der Waals surface area contributed by atoms with Gasteiger partial charge in [-0.2, -0.15) is 0 Å². The van der Waals surface area contributed by atoms with Crippen LogP contribution in [0.1, 0.15) is 25.0 Å². The molecule has 1 rings (SSSR count). The summed E-state index contributed by atoms with van der Waals surface area (Å²) < 4.78 is 0. The predicted molar refractivity (Wildman–Crippen MR) is 77.5 cm³/mol. The molecule has 0 spiro atoms. The van der Waals surface area contributed by atoms with Crippen LogP contribution >= 0.6 is 12.2 Å². The van der Waals surface area contributed by atoms with Crippen LogP contribution in [-0.4, -0.2) is 29.0 Å². The third kappa shape index (κ3) is 4.00. The molecule has 0 bridgehead atoms. The number of nitrogens with one attached hydrogen (secondary N) is 1. The Bertz CT molecular complexity index is 430. The molecule has 0 radical (unpaired) electrons. The van der Waals surface area contributed by atoms with Gasteiger partial charge in [-0.3, -0.25) is 0 Å². The summed E-state index contributed by atoms with van der Waals surface area (Å²) in [6.45, 7) is 5.80. The summed E-state index contributed by atoms with van der Waals surface area (Å²) >= 11 is 4.92. The minimum absolute atomic E-state index is 0.0549. The van der Waals surface area contributed by atoms with E-state index in [0.717, 1.165) is 11.1 Å². The smallest absolute Gasteiger partial charge is 0.317 e. The van der Waals surface area contributed by atoms with Gasteiger partial charge in [0.15, 0.2) is 0 Å². The van der Waals surface area contributed by atoms with Gasteiger partial charge in [-0.15, -0.1) is 0 Å². The van der Waals surface area contributed by atoms with Crippen LogP contribution < -0.4 is 11.1 Å². The summed E-state index contributed by atoms with van der Waals surface area (Å²) in [4.78, 5) is 13.9. The van der Waals surface area contributed by atoms with Crippen molar-refractivity contribution < 1.29 is 4.79 Å². The number of thiocarbonyl (C=S) groups is 1. The van der Waals surface area contributed by atoms with E-state index in [2.05, 4.69) is 5.32 Å². The molecule has 0 saturated carbocycles. The van der Waals surface area contributed by atoms with E-state index in [1.54, 1.807) is 4.90 Å². The van der Waals surface area contributed by atoms with Gasteiger partial charge in [0.05, 0.1) is 0 Å². The lowest BCUT2D eigenvalue weighted by atomic mass is 10.1. The van der Waals surface area contributed by atoms with Gasteiger partial charge >= 0.3 is 6.03 Å². The van der Waals surface area contributed by atoms with Gasteiger partial charge in [0.25, 0.3) is 0 Å². The first kappa shape index (κ1) is 14.4. The summed E-state index contributed by atoms with van der Waals surface area (Å²) in [5.41, 5.74) is 7.37. The van der Waals surface area contributed by atoms with Crippen molar-refractivity contribution in [2.75, 3.05) is 13.1 Å². The summed E-state index contributed by atoms with van der Waals surface area (Å²) in [6, 6.07) is 7.52. The molecule has 2 amide bonds. The maximum atomic E-state index is 11.8. The van der Waals surface area contributed by atoms with Crippen LogP contribution in [0.3, 0.4) is 0 Å². The molecule has 0 saturated heterocycles. The molecule has 1 aromatic rings. The van der Waals surface area contributed by atoms with Crippen LogP contribution in [0.25, 0.3) is 0 Å². The fourth-order valence-electron chi connectivity index (χ4n) is 1.63. The highest BCUT2D eigenvalue weighted by atomic mass is 32.1. The van der Waals surface area contributed by atoms with E-state index in [1.807, 2.05) is 38.1 Å². The van der Waals surface area contributed by atoms with E-state index in [1.165, 1.54) is 0 Å². The van der Waals surface area contributed by atoms with Crippen LogP contribution in [-0.2, 0) is 6.54 Å². The largest absolute Gasteiger partial charge is 0.389 e. The molecule has 5 heteroatoms. The molecule has 0 aliphatic heterocycles. The monoisotopic (exact) mass is 265 g/mol. The van der Waals surface area contributed by atoms with Crippen molar-refractivity contribution in [3.05, 3.63) is 35.4 Å². The second-order valence-electron chi connectivity index (χ2n) is 3.90. The average Bonchev–Trinajstić information content (AvgIpc) is 2.38. The van der Waals surface area contributed by atoms with Gasteiger partial charge in [-0.05, 0) is 25.5 Å². The molecule has 98 valence electrons. The van der Waals surface area contributed by atoms with Crippen molar-refractivity contribution in [1.82, 2.24) is 10.2 Å². The minimum atomic E-state index is -0.0549. The van der Waals surface area contributed by atoms with Gasteiger partial charge < -0.3 is 16.0 Å². The highest BCUT2D eigenvalue weighted by molar-refractivity contribution is 7.80. The third-order valence-corrected chi connectivity index (χ3v) is 2.94. The van der Waals surface area contributed by atoms with Crippen molar-refractivity contribution in [2.45, 2.75) is 20.4 Å². The zero-order chi connectivity index (χ0) is 13.5. The minimum Gasteiger partial charge on any atom is -0.389 e. The third-order valence-electron chi connectivity index (χ3n) is 2.71. The van der Waals surface area contributed by atoms with Crippen molar-refractivity contribution in [3.63, 3.8) is 0 Å². The van der Waals surface area contributed by atoms with Gasteiger partial charge in [-0.1, -0.05) is 30.4 Å². The number of carbonyl (C=O) groups excluding carboxylic acids is 1. The number of nitrogens with two attached hydrogens (primary N) is 1. The van der Waals surface area contributed by atoms with E-state index >= 15 is 0 Å². The number of urea groups is 1. The van der Waals surface area contributed by atoms with Gasteiger partial charge in [0.2, 0.25) is 0 Å². The summed E-state index contributed by atoms with van der Waals surface area (Å²) in [6.07, 6.45) is 0. The normalized spacial score (nSPS) is 9.89. The predicted octanol–water partition coefficient (Wildman–Crippen LogP) is 1.87. The molecule has 0 aliphatic rings. The SMILES string of the molecule is CCN(CC)C(=O)NCc1cccc(C(N)=S)c1. The Balaban J connectivity index is 2.61. The van der Waals surface area contributed by atoms with E-state index in [-0.39, 0.29) is 6.03 Å². The van der Waals surface area contributed by atoms with Crippen LogP contribution in [0.4, 0.5) is 4.79 Å². The second-order valence-corrected chi connectivity index (χ2v) is 4.34. The zero-order valence-electron chi connectivity index (χ0n) is 10.8. The topological polar surface area (TPSA) is 58.4 Å². The highest BCUT2D eigenvalue weighted by Crippen LogP contribution is 2.05. The molecular weight excluding hydrogens is 246 g/mol. The number of hydrogen-bond donors (Lipinski definition) is 2. The van der Waals surface area contributed by atoms with Crippen molar-refractivity contribution >= 4 is 23.2 Å². The lowest BCUT2D eigenvalue weighted by Crippen LogP contribution is -2.39. The molecule has 0 heterocycles. The Kier molecular flexibility index (Phi) is 5.58. The highest BCUT2D eigenvalue weighted by Gasteiger charge is 2.08. The van der Waals surface area contributed by atoms with Gasteiger partial charge in [0, 0.05) is 25.2 Å². The zero-order valence-corrected chi connectivity index (χ0v) is 11.6. The van der Waals surface area contributed by atoms with Crippen molar-refractivity contribution in [2.24, 2.45) is 5.73 Å². The maximum absolute atomic E-state index is 11.8. The van der Waals surface area contributed by atoms with Gasteiger partial charge in [0.1, 0.15) is 4.99 Å². The molecule has 18 heavy (non-hydrogen) atoms. The van der Waals surface area contributed by atoms with Gasteiger partial charge in [-0.25, -0.2) is 4.79 Å². The van der Waals surface area contributed by atoms with Crippen LogP contribution in [0.15, 0.2) is 24.3 Å². The number of rotatable bonds is 5. The molecule has 1 aromatic carbocycles. The molecule has 0 unspecified atom stereocenters. The summed E-state index contributed by atoms with van der Waals surface area (Å²) in [7, 11) is 0. The molecule has 0 atom stereocenters. The fraction of sp³-hybridized carbons (Fsp3) is 0.385. The van der Waals surface area contributed by atoms with E-state index in [4.69, 9.17) is 18.0 Å². The molecule has 0 aliphatic carbocycles. The Morgan fingerprint density at radius 3 is 2.61 bits per heavy atom. The average molecular weight is 265 g/mol. The molecule has 4 nitrogen and oxygen atoms in total. The Labute approximate surface area is 113 Å². The van der Waals surface area contributed by atoms with Crippen LogP contribution in [0.2, 0.25) is 0 Å². The van der Waals surface area contributed by atoms with Crippen molar-refractivity contribution in [3.8, 4) is 0 Å². The summed E-state index contributed by atoms with van der Waals surface area (Å²) in [5, 5.41) is 2.87. The van der Waals surface area contributed by atoms with E-state index in [9.17, 15) is 4.79 Å². The lowest BCUT2D eigenvalue weighted by molar-refractivity contribution is 0.203. The Morgan fingerprint density at radius 2 is 2.06 bits per heavy atom. The fourth-order valence-corrected chi connectivity index (χ4v) is 1.76. The number of benzene rings is 1. The first-order valence-electron chi connectivity index (χ1n) is 6.00. The second kappa shape index (κ2) is 6.96. The Hall–Kier alpha value is -1.62. The quantitative estimate of drug-likeness (QED) is 0.799. The van der Waals surface area contributed by atoms with Crippen molar-refractivity contribution in [1.29, 1.82) is 0 Å². The molecular formula is C13H19N3OS. The summed E-state index contributed by atoms with van der Waals surface area (Å²) in [5.74, 6) is 0. The van der Waals surface area contributed by atoms with E-state index < -0.39 is 0 Å². The maximum Gasteiger partial charge on any atom is 0.317 e. The molecule has 3 N–H and O–H groups in total. The first-order valence-corrected chi connectivity index (χ1v) is 6.40. The van der Waals surface area contributed by atoms with E-state index in [0.29, 0.717) is 24.6 Å². The number of carbonyl (C=O) groups is 1. The molecule has 0 fully saturated rings. The Morgan fingerprint density at radius 1 is 1.39 bits per heavy atom. The molecule has 0 aromatic heterocycles. The first-order chi connectivity index (χ1) is 8.58. The van der Waals surface area contributed by atoms with Crippen LogP contribution in [0.5, 0.6) is 0 Å². The standard InChI is InChI=1S/C13H19N3OS/c1-3-16(4-2)13(17)15-9-10-6-5-7-11(8-10)12(14)18/h5-8H,3-4,9H2,1-2H3,(H2,14,18)(H,15,17). The number of hydrogen-bond acceptors (Lipinski definition) is 2. The number of nitrogens with zero attached hydrogens (tertiary/aromatic N) is 1. The lowest BCUT2D eigenvalue weighted by Gasteiger charge is -2.19. The van der Waals surface area contributed by atoms with Crippen LogP contribution in [0, 0.1) is 0 Å².